The summed E-state index contributed by atoms with van der Waals surface area (Å²) in [7, 11) is 0. The lowest BCUT2D eigenvalue weighted by atomic mass is 10.3. The normalized spacial score (nSPS) is 11.3. The van der Waals surface area contributed by atoms with Crippen molar-refractivity contribution in [2.45, 2.75) is 13.3 Å². The van der Waals surface area contributed by atoms with Gasteiger partial charge >= 0.3 is 0 Å². The highest BCUT2D eigenvalue weighted by atomic mass is 15.3. The number of pyridine rings is 1. The zero-order valence-corrected chi connectivity index (χ0v) is 12.1. The molecule has 0 aliphatic rings. The Morgan fingerprint density at radius 1 is 1.23 bits per heavy atom. The molecule has 0 radical (unpaired) electrons. The van der Waals surface area contributed by atoms with Gasteiger partial charge in [0, 0.05) is 37.1 Å². The van der Waals surface area contributed by atoms with Gasteiger partial charge in [0.05, 0.1) is 5.69 Å². The molecule has 0 spiro atoms. The second-order valence-corrected chi connectivity index (χ2v) is 5.13. The van der Waals surface area contributed by atoms with Crippen LogP contribution < -0.4 is 5.32 Å². The van der Waals surface area contributed by atoms with Gasteiger partial charge in [0.15, 0.2) is 0 Å². The molecule has 4 aromatic rings. The number of anilines is 1. The van der Waals surface area contributed by atoms with Gasteiger partial charge in [0.25, 0.3) is 5.78 Å². The highest BCUT2D eigenvalue weighted by Gasteiger charge is 2.06. The van der Waals surface area contributed by atoms with Crippen LogP contribution in [0.3, 0.4) is 0 Å². The monoisotopic (exact) mass is 293 g/mol. The topological polar surface area (TPSA) is 72.4 Å². The number of aryl methyl sites for hydroxylation is 1. The molecule has 0 fully saturated rings. The third kappa shape index (κ3) is 2.26. The zero-order chi connectivity index (χ0) is 14.9. The van der Waals surface area contributed by atoms with E-state index in [1.165, 1.54) is 6.33 Å². The first kappa shape index (κ1) is 12.8. The van der Waals surface area contributed by atoms with Crippen molar-refractivity contribution in [3.05, 3.63) is 54.4 Å². The number of aromatic nitrogens is 6. The number of hydrogen-bond donors (Lipinski definition) is 1. The van der Waals surface area contributed by atoms with Crippen LogP contribution in [0, 0.1) is 6.92 Å². The molecule has 0 bridgehead atoms. The van der Waals surface area contributed by atoms with Gasteiger partial charge in [-0.25, -0.2) is 9.97 Å². The Morgan fingerprint density at radius 3 is 3.09 bits per heavy atom. The predicted octanol–water partition coefficient (Wildman–Crippen LogP) is 1.74. The fraction of sp³-hybridized carbons (Fsp3) is 0.200. The van der Waals surface area contributed by atoms with E-state index in [0.717, 1.165) is 35.8 Å². The van der Waals surface area contributed by atoms with Crippen molar-refractivity contribution in [3.63, 3.8) is 0 Å². The minimum Gasteiger partial charge on any atom is -0.369 e. The summed E-state index contributed by atoms with van der Waals surface area (Å²) in [6.07, 6.45) is 6.40. The third-order valence-corrected chi connectivity index (χ3v) is 3.48. The minimum atomic E-state index is 0.607. The van der Waals surface area contributed by atoms with Crippen LogP contribution in [-0.4, -0.2) is 35.5 Å². The van der Waals surface area contributed by atoms with Crippen LogP contribution in [0.5, 0.6) is 0 Å². The fourth-order valence-corrected chi connectivity index (χ4v) is 2.48. The van der Waals surface area contributed by atoms with Crippen LogP contribution in [0.25, 0.3) is 11.4 Å². The summed E-state index contributed by atoms with van der Waals surface area (Å²) < 4.78 is 3.73. The molecule has 0 aromatic carbocycles. The molecule has 7 heteroatoms. The first-order chi connectivity index (χ1) is 10.8. The van der Waals surface area contributed by atoms with E-state index >= 15 is 0 Å². The molecule has 0 aliphatic carbocycles. The lowest BCUT2D eigenvalue weighted by molar-refractivity contribution is 0.899. The van der Waals surface area contributed by atoms with Gasteiger partial charge in [-0.2, -0.15) is 14.6 Å². The van der Waals surface area contributed by atoms with Gasteiger partial charge in [-0.05, 0) is 19.1 Å². The van der Waals surface area contributed by atoms with Gasteiger partial charge in [0.2, 0.25) is 0 Å². The molecule has 0 atom stereocenters. The number of nitrogens with one attached hydrogen (secondary N) is 1. The van der Waals surface area contributed by atoms with Crippen LogP contribution in [0.15, 0.2) is 43.0 Å². The average Bonchev–Trinajstić information content (AvgIpc) is 3.12. The van der Waals surface area contributed by atoms with Crippen molar-refractivity contribution in [3.8, 4) is 0 Å². The molecule has 0 saturated carbocycles. The van der Waals surface area contributed by atoms with Crippen LogP contribution >= 0.6 is 0 Å². The number of rotatable bonds is 4. The molecule has 7 nitrogen and oxygen atoms in total. The number of nitrogens with zero attached hydrogens (tertiary/aromatic N) is 6. The second kappa shape index (κ2) is 5.10. The molecule has 0 amide bonds. The summed E-state index contributed by atoms with van der Waals surface area (Å²) in [5.41, 5.74) is 2.94. The zero-order valence-electron chi connectivity index (χ0n) is 12.1. The van der Waals surface area contributed by atoms with Crippen LogP contribution in [0.1, 0.15) is 11.4 Å². The Labute approximate surface area is 126 Å². The molecular formula is C15H15N7. The minimum absolute atomic E-state index is 0.607. The van der Waals surface area contributed by atoms with E-state index < -0.39 is 0 Å². The molecule has 0 unspecified atom stereocenters. The van der Waals surface area contributed by atoms with Crippen LogP contribution in [0.4, 0.5) is 5.82 Å². The summed E-state index contributed by atoms with van der Waals surface area (Å²) in [5.74, 6) is 1.50. The van der Waals surface area contributed by atoms with Crippen molar-refractivity contribution in [2.75, 3.05) is 11.9 Å². The summed E-state index contributed by atoms with van der Waals surface area (Å²) in [4.78, 5) is 13.0. The van der Waals surface area contributed by atoms with Crippen LogP contribution in [0.2, 0.25) is 0 Å². The summed E-state index contributed by atoms with van der Waals surface area (Å²) in [6.45, 7) is 2.71. The Morgan fingerprint density at radius 2 is 2.18 bits per heavy atom. The Bertz CT molecular complexity index is 904. The molecule has 4 heterocycles. The third-order valence-electron chi connectivity index (χ3n) is 3.48. The summed E-state index contributed by atoms with van der Waals surface area (Å²) in [5, 5.41) is 7.56. The van der Waals surface area contributed by atoms with E-state index in [1.54, 1.807) is 4.52 Å². The summed E-state index contributed by atoms with van der Waals surface area (Å²) in [6, 6.07) is 7.96. The number of hydrogen-bond acceptors (Lipinski definition) is 5. The van der Waals surface area contributed by atoms with Gasteiger partial charge < -0.3 is 9.72 Å². The van der Waals surface area contributed by atoms with E-state index in [4.69, 9.17) is 0 Å². The van der Waals surface area contributed by atoms with Crippen molar-refractivity contribution < 1.29 is 0 Å². The molecule has 4 aromatic heterocycles. The Hall–Kier alpha value is -2.96. The molecule has 1 N–H and O–H groups in total. The maximum atomic E-state index is 4.59. The fourth-order valence-electron chi connectivity index (χ4n) is 2.48. The molecule has 22 heavy (non-hydrogen) atoms. The molecule has 0 saturated heterocycles. The van der Waals surface area contributed by atoms with E-state index in [2.05, 4.69) is 31.6 Å². The summed E-state index contributed by atoms with van der Waals surface area (Å²) >= 11 is 0. The largest absolute Gasteiger partial charge is 0.369 e. The maximum absolute atomic E-state index is 4.59. The maximum Gasteiger partial charge on any atom is 0.254 e. The average molecular weight is 293 g/mol. The van der Waals surface area contributed by atoms with Crippen LogP contribution in [-0.2, 0) is 6.42 Å². The first-order valence-corrected chi connectivity index (χ1v) is 7.13. The molecule has 110 valence electrons. The Balaban J connectivity index is 1.51. The lowest BCUT2D eigenvalue weighted by Crippen LogP contribution is -2.10. The van der Waals surface area contributed by atoms with E-state index in [-0.39, 0.29) is 0 Å². The molecular weight excluding hydrogens is 278 g/mol. The molecule has 0 aliphatic heterocycles. The van der Waals surface area contributed by atoms with Crippen molar-refractivity contribution in [1.29, 1.82) is 0 Å². The SMILES string of the molecule is Cc1cc(NCCc2cn3ccccc3n2)n2ncnc2n1. The quantitative estimate of drug-likeness (QED) is 0.620. The lowest BCUT2D eigenvalue weighted by Gasteiger charge is -2.07. The highest BCUT2D eigenvalue weighted by molar-refractivity contribution is 5.45. The van der Waals surface area contributed by atoms with Gasteiger partial charge in [-0.3, -0.25) is 0 Å². The molecule has 4 rings (SSSR count). The second-order valence-electron chi connectivity index (χ2n) is 5.13. The predicted molar refractivity (Wildman–Crippen MR) is 82.9 cm³/mol. The standard InChI is InChI=1S/C15H15N7/c1-11-8-14(22-15(19-11)17-10-18-22)16-6-5-12-9-21-7-3-2-4-13(21)20-12/h2-4,7-10,16H,5-6H2,1H3. The number of imidazole rings is 1. The van der Waals surface area contributed by atoms with Crippen molar-refractivity contribution in [1.82, 2.24) is 29.0 Å². The van der Waals surface area contributed by atoms with Gasteiger partial charge in [0.1, 0.15) is 17.8 Å². The van der Waals surface area contributed by atoms with E-state index in [0.29, 0.717) is 5.78 Å². The van der Waals surface area contributed by atoms with Crippen molar-refractivity contribution >= 4 is 17.2 Å². The Kier molecular flexibility index (Phi) is 2.96. The highest BCUT2D eigenvalue weighted by Crippen LogP contribution is 2.10. The number of fused-ring (bicyclic) bond motifs is 2. The van der Waals surface area contributed by atoms with Gasteiger partial charge in [-0.15, -0.1) is 0 Å². The van der Waals surface area contributed by atoms with E-state index in [9.17, 15) is 0 Å². The smallest absolute Gasteiger partial charge is 0.254 e. The van der Waals surface area contributed by atoms with Gasteiger partial charge in [-0.1, -0.05) is 6.07 Å². The first-order valence-electron chi connectivity index (χ1n) is 7.13. The van der Waals surface area contributed by atoms with E-state index in [1.807, 2.05) is 41.8 Å². The van der Waals surface area contributed by atoms with Crippen molar-refractivity contribution in [2.24, 2.45) is 0 Å².